The molecule has 0 bridgehead atoms. The Labute approximate surface area is 167 Å². The number of thiazole rings is 1. The second-order valence-electron chi connectivity index (χ2n) is 7.22. The quantitative estimate of drug-likeness (QED) is 0.553. The second kappa shape index (κ2) is 8.70. The van der Waals surface area contributed by atoms with E-state index >= 15 is 0 Å². The van der Waals surface area contributed by atoms with Crippen molar-refractivity contribution < 1.29 is 27.5 Å². The lowest BCUT2D eigenvalue weighted by Crippen LogP contribution is -2.18. The van der Waals surface area contributed by atoms with Crippen LogP contribution in [0.4, 0.5) is 9.93 Å². The zero-order chi connectivity index (χ0) is 20.9. The zero-order valence-corrected chi connectivity index (χ0v) is 17.6. The Kier molecular flexibility index (Phi) is 6.78. The van der Waals surface area contributed by atoms with E-state index in [0.717, 1.165) is 17.6 Å². The molecule has 10 heteroatoms. The first-order valence-electron chi connectivity index (χ1n) is 8.36. The van der Waals surface area contributed by atoms with E-state index in [1.54, 1.807) is 12.1 Å². The maximum absolute atomic E-state index is 12.5. The molecule has 0 unspecified atom stereocenters. The molecule has 1 amide bonds. The normalized spacial score (nSPS) is 11.7. The highest BCUT2D eigenvalue weighted by Crippen LogP contribution is 2.25. The maximum Gasteiger partial charge on any atom is 0.513 e. The monoisotopic (exact) mass is 426 g/mol. The maximum atomic E-state index is 12.5. The van der Waals surface area contributed by atoms with Gasteiger partial charge in [-0.2, -0.15) is 0 Å². The Morgan fingerprint density at radius 2 is 1.89 bits per heavy atom. The molecule has 1 heterocycles. The summed E-state index contributed by atoms with van der Waals surface area (Å²) < 4.78 is 33.3. The van der Waals surface area contributed by atoms with E-state index in [-0.39, 0.29) is 32.7 Å². The molecule has 0 atom stereocenters. The SMILES string of the molecule is CC(C)(C)CCOC(=O)Oc1ccccc1C(=O)Nc1ncc(S(C)(=O)=O)s1. The Bertz CT molecular complexity index is 960. The van der Waals surface area contributed by atoms with E-state index < -0.39 is 21.9 Å². The van der Waals surface area contributed by atoms with Crippen molar-refractivity contribution in [2.45, 2.75) is 31.4 Å². The van der Waals surface area contributed by atoms with Crippen LogP contribution in [0.5, 0.6) is 5.75 Å². The molecule has 1 aromatic carbocycles. The molecule has 0 radical (unpaired) electrons. The molecule has 1 aromatic heterocycles. The molecule has 1 N–H and O–H groups in total. The van der Waals surface area contributed by atoms with Crippen LogP contribution in [0.25, 0.3) is 0 Å². The summed E-state index contributed by atoms with van der Waals surface area (Å²) in [5.41, 5.74) is 0.0998. The van der Waals surface area contributed by atoms with E-state index in [2.05, 4.69) is 10.3 Å². The van der Waals surface area contributed by atoms with Crippen LogP contribution in [0.1, 0.15) is 37.6 Å². The van der Waals surface area contributed by atoms with Crippen LogP contribution >= 0.6 is 11.3 Å². The first kappa shape index (κ1) is 21.8. The summed E-state index contributed by atoms with van der Waals surface area (Å²) in [6, 6.07) is 6.15. The molecule has 152 valence electrons. The number of rotatable bonds is 6. The van der Waals surface area contributed by atoms with Crippen LogP contribution < -0.4 is 10.1 Å². The Hall–Kier alpha value is -2.46. The summed E-state index contributed by atoms with van der Waals surface area (Å²) >= 11 is 0.832. The van der Waals surface area contributed by atoms with Crippen molar-refractivity contribution in [1.29, 1.82) is 0 Å². The minimum atomic E-state index is -3.41. The number of hydrogen-bond acceptors (Lipinski definition) is 8. The van der Waals surface area contributed by atoms with Crippen LogP contribution in [0.3, 0.4) is 0 Å². The van der Waals surface area contributed by atoms with E-state index in [1.165, 1.54) is 18.3 Å². The average molecular weight is 427 g/mol. The summed E-state index contributed by atoms with van der Waals surface area (Å²) in [6.45, 7) is 6.27. The van der Waals surface area contributed by atoms with Gasteiger partial charge in [-0.1, -0.05) is 44.2 Å². The molecule has 28 heavy (non-hydrogen) atoms. The number of ether oxygens (including phenoxy) is 2. The van der Waals surface area contributed by atoms with E-state index in [1.807, 2.05) is 20.8 Å². The van der Waals surface area contributed by atoms with Crippen molar-refractivity contribution in [3.05, 3.63) is 36.0 Å². The molecule has 0 aliphatic heterocycles. The van der Waals surface area contributed by atoms with Gasteiger partial charge in [-0.15, -0.1) is 0 Å². The van der Waals surface area contributed by atoms with Gasteiger partial charge < -0.3 is 9.47 Å². The Balaban J connectivity index is 2.05. The lowest BCUT2D eigenvalue weighted by Gasteiger charge is -2.17. The minimum absolute atomic E-state index is 0.0105. The summed E-state index contributed by atoms with van der Waals surface area (Å²) in [7, 11) is -3.41. The van der Waals surface area contributed by atoms with Gasteiger partial charge >= 0.3 is 6.16 Å². The van der Waals surface area contributed by atoms with Crippen LogP contribution in [-0.2, 0) is 14.6 Å². The highest BCUT2D eigenvalue weighted by Gasteiger charge is 2.19. The molecule has 0 aliphatic carbocycles. The number of aromatic nitrogens is 1. The zero-order valence-electron chi connectivity index (χ0n) is 16.0. The summed E-state index contributed by atoms with van der Waals surface area (Å²) in [4.78, 5) is 28.3. The third-order valence-corrected chi connectivity index (χ3v) is 6.17. The van der Waals surface area contributed by atoms with Gasteiger partial charge in [0.2, 0.25) is 0 Å². The highest BCUT2D eigenvalue weighted by molar-refractivity contribution is 7.92. The van der Waals surface area contributed by atoms with E-state index in [9.17, 15) is 18.0 Å². The minimum Gasteiger partial charge on any atom is -0.434 e. The summed E-state index contributed by atoms with van der Waals surface area (Å²) in [5.74, 6) is -0.562. The lowest BCUT2D eigenvalue weighted by atomic mass is 9.93. The van der Waals surface area contributed by atoms with Crippen molar-refractivity contribution in [2.24, 2.45) is 5.41 Å². The number of carbonyl (C=O) groups is 2. The van der Waals surface area contributed by atoms with Crippen molar-refractivity contribution in [3.63, 3.8) is 0 Å². The van der Waals surface area contributed by atoms with Gasteiger partial charge in [-0.25, -0.2) is 18.2 Å². The van der Waals surface area contributed by atoms with Gasteiger partial charge in [0, 0.05) is 6.26 Å². The number of carbonyl (C=O) groups excluding carboxylic acids is 2. The van der Waals surface area contributed by atoms with Gasteiger partial charge in [-0.3, -0.25) is 10.1 Å². The third kappa shape index (κ3) is 6.61. The van der Waals surface area contributed by atoms with Crippen molar-refractivity contribution in [2.75, 3.05) is 18.2 Å². The van der Waals surface area contributed by atoms with Gasteiger partial charge in [0.05, 0.1) is 18.4 Å². The molecule has 0 saturated carbocycles. The number of sulfone groups is 1. The number of hydrogen-bond donors (Lipinski definition) is 1. The highest BCUT2D eigenvalue weighted by atomic mass is 32.2. The van der Waals surface area contributed by atoms with Gasteiger partial charge in [0.25, 0.3) is 5.91 Å². The van der Waals surface area contributed by atoms with Gasteiger partial charge in [-0.05, 0) is 24.0 Å². The van der Waals surface area contributed by atoms with Gasteiger partial charge in [0.15, 0.2) is 15.0 Å². The number of para-hydroxylation sites is 1. The second-order valence-corrected chi connectivity index (χ2v) is 10.5. The number of anilines is 1. The molecule has 8 nitrogen and oxygen atoms in total. The van der Waals surface area contributed by atoms with Crippen molar-refractivity contribution in [1.82, 2.24) is 4.98 Å². The van der Waals surface area contributed by atoms with Crippen LogP contribution in [0.15, 0.2) is 34.7 Å². The van der Waals surface area contributed by atoms with Crippen molar-refractivity contribution in [3.8, 4) is 5.75 Å². The lowest BCUT2D eigenvalue weighted by molar-refractivity contribution is 0.0879. The van der Waals surface area contributed by atoms with E-state index in [0.29, 0.717) is 6.42 Å². The Morgan fingerprint density at radius 3 is 2.50 bits per heavy atom. The van der Waals surface area contributed by atoms with Crippen LogP contribution in [0, 0.1) is 5.41 Å². The fourth-order valence-corrected chi connectivity index (χ4v) is 3.59. The molecule has 0 spiro atoms. The third-order valence-electron chi connectivity index (χ3n) is 3.47. The fourth-order valence-electron chi connectivity index (χ4n) is 1.96. The van der Waals surface area contributed by atoms with Crippen LogP contribution in [-0.4, -0.2) is 38.3 Å². The standard InChI is InChI=1S/C18H22N2O6S2/c1-18(2,3)9-10-25-17(22)26-13-8-6-5-7-12(13)15(21)20-16-19-11-14(27-16)28(4,23)24/h5-8,11H,9-10H2,1-4H3,(H,19,20,21). The average Bonchev–Trinajstić information content (AvgIpc) is 3.02. The Morgan fingerprint density at radius 1 is 1.21 bits per heavy atom. The molecular formula is C18H22N2O6S2. The van der Waals surface area contributed by atoms with Gasteiger partial charge in [0.1, 0.15) is 9.96 Å². The van der Waals surface area contributed by atoms with Crippen LogP contribution in [0.2, 0.25) is 0 Å². The molecular weight excluding hydrogens is 404 g/mol. The number of nitrogens with one attached hydrogen (secondary N) is 1. The number of benzene rings is 1. The first-order valence-corrected chi connectivity index (χ1v) is 11.1. The predicted octanol–water partition coefficient (Wildman–Crippen LogP) is 3.75. The van der Waals surface area contributed by atoms with E-state index in [4.69, 9.17) is 9.47 Å². The van der Waals surface area contributed by atoms with Crippen molar-refractivity contribution >= 4 is 38.4 Å². The smallest absolute Gasteiger partial charge is 0.434 e. The molecule has 0 aliphatic rings. The first-order chi connectivity index (χ1) is 13.0. The fraction of sp³-hybridized carbons (Fsp3) is 0.389. The summed E-state index contributed by atoms with van der Waals surface area (Å²) in [5, 5.41) is 2.62. The number of nitrogens with zero attached hydrogens (tertiary/aromatic N) is 1. The largest absolute Gasteiger partial charge is 0.513 e. The molecule has 0 fully saturated rings. The number of amides is 1. The summed E-state index contributed by atoms with van der Waals surface area (Å²) in [6.07, 6.45) is 1.99. The predicted molar refractivity (Wildman–Crippen MR) is 106 cm³/mol. The molecule has 2 rings (SSSR count). The topological polar surface area (TPSA) is 112 Å². The molecule has 0 saturated heterocycles. The molecule has 2 aromatic rings.